The molecule has 0 unspecified atom stereocenters. The third-order valence-corrected chi connectivity index (χ3v) is 3.79. The van der Waals surface area contributed by atoms with E-state index in [-0.39, 0.29) is 5.78 Å². The SMILES string of the molecule is CC(=O)CCNCCC[Si](C)(C)C. The van der Waals surface area contributed by atoms with E-state index in [9.17, 15) is 4.79 Å². The number of ketones is 1. The van der Waals surface area contributed by atoms with E-state index in [1.54, 1.807) is 6.92 Å². The average Bonchev–Trinajstić information content (AvgIpc) is 1.93. The van der Waals surface area contributed by atoms with Gasteiger partial charge >= 0.3 is 0 Å². The molecule has 0 bridgehead atoms. The first kappa shape index (κ1) is 12.8. The molecule has 0 saturated heterocycles. The molecule has 2 nitrogen and oxygen atoms in total. The number of carbonyl (C=O) groups excluding carboxylic acids is 1. The maximum absolute atomic E-state index is 10.6. The number of hydrogen-bond acceptors (Lipinski definition) is 2. The molecular weight excluding hydrogens is 178 g/mol. The summed E-state index contributed by atoms with van der Waals surface area (Å²) in [4.78, 5) is 10.6. The lowest BCUT2D eigenvalue weighted by atomic mass is 10.3. The predicted octanol–water partition coefficient (Wildman–Crippen LogP) is 2.28. The van der Waals surface area contributed by atoms with E-state index in [1.807, 2.05) is 0 Å². The fraction of sp³-hybridized carbons (Fsp3) is 0.900. The van der Waals surface area contributed by atoms with Gasteiger partial charge in [-0.25, -0.2) is 0 Å². The molecule has 0 radical (unpaired) electrons. The Hall–Kier alpha value is -0.153. The molecule has 0 aromatic carbocycles. The Kier molecular flexibility index (Phi) is 6.25. The molecular formula is C10H23NOSi. The number of Topliss-reactive ketones (excluding diaryl/α,β-unsaturated/α-hetero) is 1. The van der Waals surface area contributed by atoms with Crippen LogP contribution in [0.25, 0.3) is 0 Å². The van der Waals surface area contributed by atoms with Gasteiger partial charge in [0.05, 0.1) is 0 Å². The summed E-state index contributed by atoms with van der Waals surface area (Å²) in [5.74, 6) is 0.276. The summed E-state index contributed by atoms with van der Waals surface area (Å²) in [5.41, 5.74) is 0. The summed E-state index contributed by atoms with van der Waals surface area (Å²) < 4.78 is 0. The van der Waals surface area contributed by atoms with Gasteiger partial charge in [-0.3, -0.25) is 4.79 Å². The van der Waals surface area contributed by atoms with Crippen LogP contribution < -0.4 is 5.32 Å². The second kappa shape index (κ2) is 6.32. The summed E-state index contributed by atoms with van der Waals surface area (Å²) in [6.07, 6.45) is 1.93. The maximum Gasteiger partial charge on any atom is 0.131 e. The second-order valence-electron chi connectivity index (χ2n) is 4.87. The van der Waals surface area contributed by atoms with Crippen LogP contribution in [0.2, 0.25) is 25.7 Å². The molecule has 0 aromatic rings. The van der Waals surface area contributed by atoms with Gasteiger partial charge in [0.1, 0.15) is 5.78 Å². The molecule has 0 amide bonds. The number of hydrogen-bond donors (Lipinski definition) is 1. The standard InChI is InChI=1S/C10H23NOSi/c1-10(12)6-8-11-7-5-9-13(2,3)4/h11H,5-9H2,1-4H3. The lowest BCUT2D eigenvalue weighted by molar-refractivity contribution is -0.116. The number of nitrogens with one attached hydrogen (secondary N) is 1. The monoisotopic (exact) mass is 201 g/mol. The van der Waals surface area contributed by atoms with Gasteiger partial charge in [-0.2, -0.15) is 0 Å². The van der Waals surface area contributed by atoms with Gasteiger partial charge < -0.3 is 5.32 Å². The second-order valence-corrected chi connectivity index (χ2v) is 10.5. The van der Waals surface area contributed by atoms with Crippen molar-refractivity contribution in [3.63, 3.8) is 0 Å². The Labute approximate surface area is 83.1 Å². The minimum atomic E-state index is -0.846. The molecule has 0 spiro atoms. The summed E-state index contributed by atoms with van der Waals surface area (Å²) in [6.45, 7) is 10.7. The number of rotatable bonds is 7. The lowest BCUT2D eigenvalue weighted by Gasteiger charge is -2.15. The van der Waals surface area contributed by atoms with Crippen molar-refractivity contribution in [2.24, 2.45) is 0 Å². The molecule has 0 aromatic heterocycles. The van der Waals surface area contributed by atoms with Crippen molar-refractivity contribution in [3.05, 3.63) is 0 Å². The highest BCUT2D eigenvalue weighted by Crippen LogP contribution is 2.09. The minimum Gasteiger partial charge on any atom is -0.316 e. The third-order valence-electron chi connectivity index (χ3n) is 1.93. The zero-order valence-corrected chi connectivity index (χ0v) is 10.4. The van der Waals surface area contributed by atoms with E-state index in [1.165, 1.54) is 12.5 Å². The van der Waals surface area contributed by atoms with Crippen LogP contribution in [0.4, 0.5) is 0 Å². The van der Waals surface area contributed by atoms with Crippen molar-refractivity contribution in [1.29, 1.82) is 0 Å². The van der Waals surface area contributed by atoms with E-state index in [0.717, 1.165) is 13.1 Å². The summed E-state index contributed by atoms with van der Waals surface area (Å²) >= 11 is 0. The molecule has 78 valence electrons. The van der Waals surface area contributed by atoms with Gasteiger partial charge in [0.2, 0.25) is 0 Å². The Morgan fingerprint density at radius 1 is 1.23 bits per heavy atom. The van der Waals surface area contributed by atoms with Gasteiger partial charge in [0.15, 0.2) is 0 Å². The minimum absolute atomic E-state index is 0.276. The molecule has 0 aliphatic heterocycles. The zero-order chi connectivity index (χ0) is 10.3. The molecule has 1 N–H and O–H groups in total. The van der Waals surface area contributed by atoms with Crippen LogP contribution in [0, 0.1) is 0 Å². The molecule has 0 fully saturated rings. The smallest absolute Gasteiger partial charge is 0.131 e. The summed E-state index contributed by atoms with van der Waals surface area (Å²) in [6, 6.07) is 1.38. The average molecular weight is 201 g/mol. The largest absolute Gasteiger partial charge is 0.316 e. The van der Waals surface area contributed by atoms with Crippen molar-refractivity contribution < 1.29 is 4.79 Å². The highest BCUT2D eigenvalue weighted by molar-refractivity contribution is 6.76. The fourth-order valence-electron chi connectivity index (χ4n) is 1.13. The lowest BCUT2D eigenvalue weighted by Crippen LogP contribution is -2.24. The van der Waals surface area contributed by atoms with Crippen molar-refractivity contribution in [2.45, 2.75) is 45.5 Å². The highest BCUT2D eigenvalue weighted by Gasteiger charge is 2.11. The highest BCUT2D eigenvalue weighted by atomic mass is 28.3. The van der Waals surface area contributed by atoms with Crippen LogP contribution in [0.15, 0.2) is 0 Å². The van der Waals surface area contributed by atoms with Crippen molar-refractivity contribution in [1.82, 2.24) is 5.32 Å². The first-order chi connectivity index (χ1) is 5.92. The summed E-state index contributed by atoms with van der Waals surface area (Å²) in [7, 11) is -0.846. The molecule has 0 aliphatic rings. The van der Waals surface area contributed by atoms with E-state index in [2.05, 4.69) is 25.0 Å². The number of carbonyl (C=O) groups is 1. The van der Waals surface area contributed by atoms with Gasteiger partial charge in [-0.1, -0.05) is 25.7 Å². The van der Waals surface area contributed by atoms with Crippen molar-refractivity contribution >= 4 is 13.9 Å². The zero-order valence-electron chi connectivity index (χ0n) is 9.44. The normalized spacial score (nSPS) is 11.7. The molecule has 0 saturated carbocycles. The van der Waals surface area contributed by atoms with E-state index >= 15 is 0 Å². The molecule has 0 aliphatic carbocycles. The fourth-order valence-corrected chi connectivity index (χ4v) is 2.37. The quantitative estimate of drug-likeness (QED) is 0.506. The third kappa shape index (κ3) is 11.8. The maximum atomic E-state index is 10.6. The van der Waals surface area contributed by atoms with Gasteiger partial charge in [-0.05, 0) is 19.9 Å². The van der Waals surface area contributed by atoms with Crippen LogP contribution in [0.1, 0.15) is 19.8 Å². The van der Waals surface area contributed by atoms with Crippen LogP contribution in [-0.2, 0) is 4.79 Å². The Morgan fingerprint density at radius 2 is 1.85 bits per heavy atom. The Morgan fingerprint density at radius 3 is 2.31 bits per heavy atom. The van der Waals surface area contributed by atoms with Crippen molar-refractivity contribution in [2.75, 3.05) is 13.1 Å². The van der Waals surface area contributed by atoms with E-state index in [4.69, 9.17) is 0 Å². The molecule has 13 heavy (non-hydrogen) atoms. The molecule has 3 heteroatoms. The van der Waals surface area contributed by atoms with Crippen molar-refractivity contribution in [3.8, 4) is 0 Å². The van der Waals surface area contributed by atoms with Crippen LogP contribution >= 0.6 is 0 Å². The van der Waals surface area contributed by atoms with E-state index < -0.39 is 8.07 Å². The van der Waals surface area contributed by atoms with Gasteiger partial charge in [0, 0.05) is 21.0 Å². The first-order valence-corrected chi connectivity index (χ1v) is 8.83. The molecule has 0 heterocycles. The predicted molar refractivity (Wildman–Crippen MR) is 60.9 cm³/mol. The van der Waals surface area contributed by atoms with Crippen LogP contribution in [0.3, 0.4) is 0 Å². The summed E-state index contributed by atoms with van der Waals surface area (Å²) in [5, 5.41) is 3.29. The Bertz CT molecular complexity index is 151. The molecule has 0 atom stereocenters. The topological polar surface area (TPSA) is 29.1 Å². The van der Waals surface area contributed by atoms with E-state index in [0.29, 0.717) is 6.42 Å². The van der Waals surface area contributed by atoms with Crippen LogP contribution in [0.5, 0.6) is 0 Å². The Balaban J connectivity index is 3.13. The van der Waals surface area contributed by atoms with Gasteiger partial charge in [-0.15, -0.1) is 0 Å². The van der Waals surface area contributed by atoms with Gasteiger partial charge in [0.25, 0.3) is 0 Å². The molecule has 0 rings (SSSR count). The first-order valence-electron chi connectivity index (χ1n) is 5.12. The van der Waals surface area contributed by atoms with Crippen LogP contribution in [-0.4, -0.2) is 26.9 Å².